The van der Waals surface area contributed by atoms with E-state index in [0.717, 1.165) is 49.7 Å². The van der Waals surface area contributed by atoms with Crippen molar-refractivity contribution in [2.45, 2.75) is 49.8 Å². The standard InChI is InChI=1S/C27H32N2O7S2.Na.H/c1-5-28(6-2)18-9-12-21-24(15-18)36-25-16-19(29(7-3)8-4)10-13-22(25)27(21)23-14-11-20(37(30,31)32)17-26(23)38(33,34)35;;/h9-15,17,27H,5-8,16H2,1-4H3,(H-,30,31,32,33,34,35);;/p+1. The van der Waals surface area contributed by atoms with Crippen molar-refractivity contribution in [1.82, 2.24) is 0 Å². The first-order valence-corrected chi connectivity index (χ1v) is 15.5. The Hall–Kier alpha value is -1.99. The van der Waals surface area contributed by atoms with Crippen LogP contribution in [0.2, 0.25) is 0 Å². The molecule has 0 spiro atoms. The number of rotatable bonds is 8. The quantitative estimate of drug-likeness (QED) is 0.274. The second-order valence-corrected chi connectivity index (χ2v) is 11.9. The Balaban J connectivity index is 0.00000420. The Morgan fingerprint density at radius 2 is 1.54 bits per heavy atom. The number of allylic oxidation sites excluding steroid dienone is 4. The molecule has 2 N–H and O–H groups in total. The van der Waals surface area contributed by atoms with Gasteiger partial charge in [0.25, 0.3) is 20.2 Å². The Morgan fingerprint density at radius 1 is 0.897 bits per heavy atom. The zero-order valence-electron chi connectivity index (χ0n) is 21.9. The van der Waals surface area contributed by atoms with Gasteiger partial charge in [0.05, 0.1) is 16.2 Å². The van der Waals surface area contributed by atoms with E-state index in [9.17, 15) is 25.9 Å². The second kappa shape index (κ2) is 12.3. The van der Waals surface area contributed by atoms with Crippen LogP contribution >= 0.6 is 0 Å². The van der Waals surface area contributed by atoms with E-state index in [1.807, 2.05) is 30.4 Å². The van der Waals surface area contributed by atoms with Gasteiger partial charge in [-0.3, -0.25) is 9.11 Å². The molecule has 9 nitrogen and oxygen atoms in total. The van der Waals surface area contributed by atoms with E-state index in [-0.39, 0.29) is 35.1 Å². The summed E-state index contributed by atoms with van der Waals surface area (Å²) in [6.07, 6.45) is 4.36. The summed E-state index contributed by atoms with van der Waals surface area (Å²) in [4.78, 5) is 0.960. The minimum atomic E-state index is -4.85. The maximum atomic E-state index is 12.5. The van der Waals surface area contributed by atoms with Gasteiger partial charge >= 0.3 is 29.6 Å². The molecular weight excluding hydrogens is 551 g/mol. The van der Waals surface area contributed by atoms with Crippen LogP contribution < -0.4 is 9.64 Å². The van der Waals surface area contributed by atoms with Gasteiger partial charge in [-0.15, -0.1) is 0 Å². The first kappa shape index (κ1) is 31.5. The predicted octanol–water partition coefficient (Wildman–Crippen LogP) is 3.61. The van der Waals surface area contributed by atoms with Crippen LogP contribution in [0.1, 0.15) is 51.2 Å². The molecule has 2 aliphatic rings. The van der Waals surface area contributed by atoms with Crippen LogP contribution in [-0.2, 0) is 20.2 Å². The Morgan fingerprint density at radius 3 is 2.10 bits per heavy atom. The first-order chi connectivity index (χ1) is 17.9. The first-order valence-electron chi connectivity index (χ1n) is 12.6. The van der Waals surface area contributed by atoms with Crippen molar-refractivity contribution in [1.29, 1.82) is 0 Å². The molecule has 1 unspecified atom stereocenters. The molecule has 0 saturated heterocycles. The Labute approximate surface area is 252 Å². The van der Waals surface area contributed by atoms with Crippen molar-refractivity contribution in [2.24, 2.45) is 0 Å². The van der Waals surface area contributed by atoms with Crippen molar-refractivity contribution < 1.29 is 35.3 Å². The van der Waals surface area contributed by atoms with Crippen molar-refractivity contribution in [2.75, 3.05) is 31.1 Å². The predicted molar refractivity (Wildman–Crippen MR) is 153 cm³/mol. The number of anilines is 1. The van der Waals surface area contributed by atoms with Crippen LogP contribution in [0.3, 0.4) is 0 Å². The fraction of sp³-hybridized carbons (Fsp3) is 0.370. The monoisotopic (exact) mass is 585 g/mol. The van der Waals surface area contributed by atoms with Crippen molar-refractivity contribution in [3.8, 4) is 5.75 Å². The molecule has 1 atom stereocenters. The molecule has 0 fully saturated rings. The summed E-state index contributed by atoms with van der Waals surface area (Å²) < 4.78 is 76.8. The third-order valence-electron chi connectivity index (χ3n) is 7.14. The van der Waals surface area contributed by atoms with Crippen molar-refractivity contribution >= 4 is 61.2 Å². The van der Waals surface area contributed by atoms with Gasteiger partial charge in [0.15, 0.2) is 5.71 Å². The van der Waals surface area contributed by atoms with Crippen LogP contribution in [-0.4, -0.2) is 92.0 Å². The molecule has 0 saturated carbocycles. The van der Waals surface area contributed by atoms with Crippen LogP contribution in [0, 0.1) is 0 Å². The molecule has 1 aliphatic carbocycles. The third kappa shape index (κ3) is 6.35. The van der Waals surface area contributed by atoms with E-state index < -0.39 is 35.9 Å². The summed E-state index contributed by atoms with van der Waals surface area (Å²) in [7, 11) is -9.55. The number of fused-ring (bicyclic) bond motifs is 1. The fourth-order valence-corrected chi connectivity index (χ4v) is 6.55. The van der Waals surface area contributed by atoms with Gasteiger partial charge in [0.2, 0.25) is 0 Å². The molecule has 2 aromatic rings. The van der Waals surface area contributed by atoms with Crippen LogP contribution in [0.5, 0.6) is 5.75 Å². The topological polar surface area (TPSA) is 124 Å². The number of hydrogen-bond acceptors (Lipinski definition) is 6. The normalized spacial score (nSPS) is 16.7. The van der Waals surface area contributed by atoms with E-state index >= 15 is 0 Å². The van der Waals surface area contributed by atoms with Gasteiger partial charge in [0.1, 0.15) is 24.6 Å². The molecule has 0 aromatic heterocycles. The number of benzene rings is 2. The Bertz CT molecular complexity index is 1570. The van der Waals surface area contributed by atoms with E-state index in [0.29, 0.717) is 29.1 Å². The molecule has 1 heterocycles. The minimum absolute atomic E-state index is 0. The van der Waals surface area contributed by atoms with Gasteiger partial charge in [-0.2, -0.15) is 16.8 Å². The fourth-order valence-electron chi connectivity index (χ4n) is 5.21. The van der Waals surface area contributed by atoms with E-state index in [1.165, 1.54) is 6.07 Å². The van der Waals surface area contributed by atoms with E-state index in [2.05, 4.69) is 37.2 Å². The van der Waals surface area contributed by atoms with Gasteiger partial charge < -0.3 is 9.64 Å². The average Bonchev–Trinajstić information content (AvgIpc) is 2.87. The number of ether oxygens (including phenoxy) is 1. The summed E-state index contributed by atoms with van der Waals surface area (Å²) in [5.41, 5.74) is 3.59. The van der Waals surface area contributed by atoms with Crippen LogP contribution in [0.4, 0.5) is 5.69 Å². The van der Waals surface area contributed by atoms with Crippen molar-refractivity contribution in [3.05, 3.63) is 71.0 Å². The summed E-state index contributed by atoms with van der Waals surface area (Å²) in [6, 6.07) is 8.99. The SMILES string of the molecule is CCN(CC)c1ccc2c(c1)OC1=C(C=CC(=[N+](CC)CC)C1)C2c1ccc(S(=O)(=O)O)cc1S(=O)(=O)O.[NaH]. The summed E-state index contributed by atoms with van der Waals surface area (Å²) in [6.45, 7) is 11.5. The summed E-state index contributed by atoms with van der Waals surface area (Å²) in [5.74, 6) is 0.553. The van der Waals surface area contributed by atoms with Gasteiger partial charge in [0, 0.05) is 48.0 Å². The molecule has 0 bridgehead atoms. The number of hydrogen-bond donors (Lipinski definition) is 2. The van der Waals surface area contributed by atoms with Gasteiger partial charge in [-0.05, 0) is 57.5 Å². The van der Waals surface area contributed by atoms with Gasteiger partial charge in [-0.25, -0.2) is 4.58 Å². The molecule has 39 heavy (non-hydrogen) atoms. The van der Waals surface area contributed by atoms with E-state index in [4.69, 9.17) is 4.74 Å². The zero-order chi connectivity index (χ0) is 27.8. The molecule has 206 valence electrons. The Kier molecular flexibility index (Phi) is 9.91. The molecule has 1 aliphatic heterocycles. The molecule has 4 rings (SSSR count). The molecule has 12 heteroatoms. The molecule has 0 amide bonds. The van der Waals surface area contributed by atoms with E-state index in [1.54, 1.807) is 0 Å². The maximum absolute atomic E-state index is 12.5. The molecule has 2 aromatic carbocycles. The molecular formula is C27H34N2NaO7S2+. The van der Waals surface area contributed by atoms with Gasteiger partial charge in [-0.1, -0.05) is 12.1 Å². The second-order valence-electron chi connectivity index (χ2n) is 9.13. The number of nitrogens with zero attached hydrogens (tertiary/aromatic N) is 2. The third-order valence-corrected chi connectivity index (χ3v) is 8.90. The average molecular weight is 586 g/mol. The van der Waals surface area contributed by atoms with Crippen LogP contribution in [0.25, 0.3) is 0 Å². The van der Waals surface area contributed by atoms with Crippen LogP contribution in [0.15, 0.2) is 69.7 Å². The summed E-state index contributed by atoms with van der Waals surface area (Å²) >= 11 is 0. The van der Waals surface area contributed by atoms with Crippen molar-refractivity contribution in [3.63, 3.8) is 0 Å². The zero-order valence-corrected chi connectivity index (χ0v) is 23.5. The summed E-state index contributed by atoms with van der Waals surface area (Å²) in [5, 5.41) is 0. The molecule has 0 radical (unpaired) electrons.